The maximum atomic E-state index is 5.17. The molecule has 2 N–H and O–H groups in total. The normalized spacial score (nSPS) is 14.6. The van der Waals surface area contributed by atoms with Crippen LogP contribution >= 0.6 is 0 Å². The van der Waals surface area contributed by atoms with Crippen LogP contribution in [-0.2, 0) is 6.42 Å². The van der Waals surface area contributed by atoms with Gasteiger partial charge in [-0.05, 0) is 50.5 Å². The Kier molecular flexibility index (Phi) is 6.34. The zero-order valence-corrected chi connectivity index (χ0v) is 20.6. The van der Waals surface area contributed by atoms with Crippen molar-refractivity contribution in [3.63, 3.8) is 0 Å². The molecule has 1 aliphatic rings. The molecule has 3 aromatic heterocycles. The zero-order chi connectivity index (χ0) is 24.3. The van der Waals surface area contributed by atoms with Gasteiger partial charge in [-0.1, -0.05) is 54.0 Å². The lowest BCUT2D eigenvalue weighted by Crippen LogP contribution is -2.31. The SMILES string of the molecule is Cc1nc(-c2ccc3c(c2)[nH]c2nc(Cc4ccccc4)nc(NCCCN4CCCCC4)c23)no1. The summed E-state index contributed by atoms with van der Waals surface area (Å²) in [7, 11) is 0. The Bertz CT molecular complexity index is 1470. The fraction of sp³-hybridized carbons (Fsp3) is 0.357. The highest BCUT2D eigenvalue weighted by molar-refractivity contribution is 6.11. The van der Waals surface area contributed by atoms with Crippen molar-refractivity contribution in [2.24, 2.45) is 0 Å². The molecule has 36 heavy (non-hydrogen) atoms. The molecule has 6 rings (SSSR count). The van der Waals surface area contributed by atoms with Gasteiger partial charge < -0.3 is 19.7 Å². The van der Waals surface area contributed by atoms with Gasteiger partial charge in [0.2, 0.25) is 11.7 Å². The first kappa shape index (κ1) is 22.7. The molecule has 5 aromatic rings. The standard InChI is InChI=1S/C28H31N7O/c1-19-30-26(34-36-19)21-11-12-22-23(18-21)31-28-25(22)27(29-13-8-16-35-14-6-3-7-15-35)32-24(33-28)17-20-9-4-2-5-10-20/h2,4-5,9-12,18H,3,6-8,13-17H2,1H3,(H2,29,31,32,33). The number of H-pyrrole nitrogens is 1. The number of rotatable bonds is 8. The predicted octanol–water partition coefficient (Wildman–Crippen LogP) is 5.35. The second kappa shape index (κ2) is 10.1. The van der Waals surface area contributed by atoms with Gasteiger partial charge in [-0.3, -0.25) is 0 Å². The molecular weight excluding hydrogens is 450 g/mol. The van der Waals surface area contributed by atoms with Crippen LogP contribution in [0.2, 0.25) is 0 Å². The molecule has 1 saturated heterocycles. The van der Waals surface area contributed by atoms with E-state index in [1.165, 1.54) is 37.9 Å². The maximum Gasteiger partial charge on any atom is 0.223 e. The average Bonchev–Trinajstić information content (AvgIpc) is 3.50. The van der Waals surface area contributed by atoms with Crippen molar-refractivity contribution in [1.82, 2.24) is 30.0 Å². The molecule has 0 atom stereocenters. The van der Waals surface area contributed by atoms with Gasteiger partial charge in [-0.15, -0.1) is 0 Å². The summed E-state index contributed by atoms with van der Waals surface area (Å²) in [5.74, 6) is 2.82. The van der Waals surface area contributed by atoms with Crippen LogP contribution in [0.15, 0.2) is 53.1 Å². The van der Waals surface area contributed by atoms with Crippen molar-refractivity contribution in [1.29, 1.82) is 0 Å². The fourth-order valence-electron chi connectivity index (χ4n) is 5.08. The molecule has 8 heteroatoms. The molecule has 0 amide bonds. The number of anilines is 1. The molecule has 8 nitrogen and oxygen atoms in total. The predicted molar refractivity (Wildman–Crippen MR) is 142 cm³/mol. The van der Waals surface area contributed by atoms with Gasteiger partial charge >= 0.3 is 0 Å². The van der Waals surface area contributed by atoms with Gasteiger partial charge in [0, 0.05) is 36.4 Å². The first-order chi connectivity index (χ1) is 17.7. The number of piperidine rings is 1. The van der Waals surface area contributed by atoms with Gasteiger partial charge in [-0.2, -0.15) is 4.98 Å². The van der Waals surface area contributed by atoms with Crippen LogP contribution in [-0.4, -0.2) is 56.2 Å². The Balaban J connectivity index is 1.32. The maximum absolute atomic E-state index is 5.17. The van der Waals surface area contributed by atoms with Gasteiger partial charge in [0.1, 0.15) is 17.3 Å². The summed E-state index contributed by atoms with van der Waals surface area (Å²) < 4.78 is 5.17. The molecule has 0 saturated carbocycles. The Morgan fingerprint density at radius 2 is 1.86 bits per heavy atom. The first-order valence-corrected chi connectivity index (χ1v) is 12.9. The number of nitrogens with one attached hydrogen (secondary N) is 2. The van der Waals surface area contributed by atoms with E-state index in [1.807, 2.05) is 12.1 Å². The van der Waals surface area contributed by atoms with Crippen LogP contribution in [0.25, 0.3) is 33.3 Å². The molecule has 0 unspecified atom stereocenters. The smallest absolute Gasteiger partial charge is 0.223 e. The van der Waals surface area contributed by atoms with Crippen LogP contribution in [0, 0.1) is 6.92 Å². The minimum atomic E-state index is 0.550. The van der Waals surface area contributed by atoms with Crippen molar-refractivity contribution in [3.8, 4) is 11.4 Å². The number of likely N-dealkylation sites (tertiary alicyclic amines) is 1. The lowest BCUT2D eigenvalue weighted by Gasteiger charge is -2.26. The molecular formula is C28H31N7O. The van der Waals surface area contributed by atoms with Crippen LogP contribution in [0.4, 0.5) is 5.82 Å². The summed E-state index contributed by atoms with van der Waals surface area (Å²) in [5, 5.41) is 9.82. The zero-order valence-electron chi connectivity index (χ0n) is 20.6. The summed E-state index contributed by atoms with van der Waals surface area (Å²) in [4.78, 5) is 20.4. The Morgan fingerprint density at radius 1 is 1.00 bits per heavy atom. The Labute approximate surface area is 210 Å². The van der Waals surface area contributed by atoms with E-state index >= 15 is 0 Å². The van der Waals surface area contributed by atoms with E-state index in [2.05, 4.69) is 61.7 Å². The molecule has 0 radical (unpaired) electrons. The highest BCUT2D eigenvalue weighted by Gasteiger charge is 2.16. The summed E-state index contributed by atoms with van der Waals surface area (Å²) in [6, 6.07) is 16.5. The summed E-state index contributed by atoms with van der Waals surface area (Å²) in [6.07, 6.45) is 5.78. The van der Waals surface area contributed by atoms with E-state index in [0.717, 1.165) is 58.7 Å². The highest BCUT2D eigenvalue weighted by atomic mass is 16.5. The topological polar surface area (TPSA) is 95.8 Å². The molecule has 2 aromatic carbocycles. The molecule has 1 fully saturated rings. The lowest BCUT2D eigenvalue weighted by molar-refractivity contribution is 0.228. The van der Waals surface area contributed by atoms with Crippen molar-refractivity contribution >= 4 is 27.8 Å². The number of aryl methyl sites for hydroxylation is 1. The first-order valence-electron chi connectivity index (χ1n) is 12.9. The Morgan fingerprint density at radius 3 is 2.67 bits per heavy atom. The van der Waals surface area contributed by atoms with Gasteiger partial charge in [0.15, 0.2) is 0 Å². The molecule has 0 aliphatic carbocycles. The molecule has 4 heterocycles. The second-order valence-corrected chi connectivity index (χ2v) is 9.58. The number of fused-ring (bicyclic) bond motifs is 3. The van der Waals surface area contributed by atoms with Crippen molar-refractivity contribution in [2.45, 2.75) is 39.0 Å². The number of aromatic amines is 1. The quantitative estimate of drug-likeness (QED) is 0.289. The summed E-state index contributed by atoms with van der Waals surface area (Å²) >= 11 is 0. The van der Waals surface area contributed by atoms with E-state index in [1.54, 1.807) is 6.92 Å². The number of nitrogens with zero attached hydrogens (tertiary/aromatic N) is 5. The van der Waals surface area contributed by atoms with E-state index in [9.17, 15) is 0 Å². The van der Waals surface area contributed by atoms with E-state index in [-0.39, 0.29) is 0 Å². The number of benzene rings is 2. The largest absolute Gasteiger partial charge is 0.369 e. The highest BCUT2D eigenvalue weighted by Crippen LogP contribution is 2.32. The van der Waals surface area contributed by atoms with Crippen molar-refractivity contribution < 1.29 is 4.52 Å². The molecule has 184 valence electrons. The molecule has 0 bridgehead atoms. The summed E-state index contributed by atoms with van der Waals surface area (Å²) in [6.45, 7) is 6.25. The fourth-order valence-corrected chi connectivity index (χ4v) is 5.08. The monoisotopic (exact) mass is 481 g/mol. The number of hydrogen-bond acceptors (Lipinski definition) is 7. The molecule has 1 aliphatic heterocycles. The minimum absolute atomic E-state index is 0.550. The Hall–Kier alpha value is -3.78. The lowest BCUT2D eigenvalue weighted by atomic mass is 10.1. The molecule has 0 spiro atoms. The van der Waals surface area contributed by atoms with E-state index in [0.29, 0.717) is 18.1 Å². The third kappa shape index (κ3) is 4.81. The number of hydrogen-bond donors (Lipinski definition) is 2. The summed E-state index contributed by atoms with van der Waals surface area (Å²) in [5.41, 5.74) is 3.91. The van der Waals surface area contributed by atoms with Gasteiger partial charge in [0.05, 0.1) is 5.39 Å². The third-order valence-corrected chi connectivity index (χ3v) is 6.88. The van der Waals surface area contributed by atoms with Crippen LogP contribution in [0.3, 0.4) is 0 Å². The van der Waals surface area contributed by atoms with E-state index < -0.39 is 0 Å². The minimum Gasteiger partial charge on any atom is -0.369 e. The van der Waals surface area contributed by atoms with Crippen molar-refractivity contribution in [2.75, 3.05) is 31.5 Å². The van der Waals surface area contributed by atoms with Crippen LogP contribution < -0.4 is 5.32 Å². The van der Waals surface area contributed by atoms with E-state index in [4.69, 9.17) is 14.5 Å². The van der Waals surface area contributed by atoms with Crippen LogP contribution in [0.5, 0.6) is 0 Å². The van der Waals surface area contributed by atoms with Gasteiger partial charge in [-0.25, -0.2) is 9.97 Å². The van der Waals surface area contributed by atoms with Crippen LogP contribution in [0.1, 0.15) is 43.0 Å². The van der Waals surface area contributed by atoms with Crippen molar-refractivity contribution in [3.05, 3.63) is 65.8 Å². The van der Waals surface area contributed by atoms with Gasteiger partial charge in [0.25, 0.3) is 0 Å². The number of aromatic nitrogens is 5. The second-order valence-electron chi connectivity index (χ2n) is 9.58. The average molecular weight is 482 g/mol. The third-order valence-electron chi connectivity index (χ3n) is 6.88.